The molecule has 2 aromatic carbocycles. The largest absolute Gasteiger partial charge is 0.494 e. The Labute approximate surface area is 292 Å². The van der Waals surface area contributed by atoms with Gasteiger partial charge in [-0.05, 0) is 73.2 Å². The predicted octanol–water partition coefficient (Wildman–Crippen LogP) is 14.0. The van der Waals surface area contributed by atoms with E-state index in [-0.39, 0.29) is 0 Å². The number of nitrogens with zero attached hydrogens (tertiary/aromatic N) is 1. The summed E-state index contributed by atoms with van der Waals surface area (Å²) in [4.78, 5) is 4.89. The molecule has 4 rings (SSSR count). The first-order valence-electron chi connectivity index (χ1n) is 19.8. The van der Waals surface area contributed by atoms with E-state index in [2.05, 4.69) is 38.1 Å². The second-order valence-corrected chi connectivity index (χ2v) is 14.0. The lowest BCUT2D eigenvalue weighted by Gasteiger charge is -2.15. The molecule has 0 aliphatic heterocycles. The van der Waals surface area contributed by atoms with Gasteiger partial charge in [-0.2, -0.15) is 0 Å². The number of ether oxygens (including phenoxy) is 2. The van der Waals surface area contributed by atoms with E-state index in [1.54, 1.807) is 0 Å². The van der Waals surface area contributed by atoms with Crippen molar-refractivity contribution < 1.29 is 13.9 Å². The fraction of sp³-hybridized carbons (Fsp3) is 0.614. The third kappa shape index (κ3) is 12.9. The van der Waals surface area contributed by atoms with Crippen LogP contribution in [-0.4, -0.2) is 18.2 Å². The van der Waals surface area contributed by atoms with Crippen LogP contribution in [0, 0.1) is 0 Å². The Balaban J connectivity index is 1.20. The van der Waals surface area contributed by atoms with Gasteiger partial charge in [0.15, 0.2) is 0 Å². The maximum absolute atomic E-state index is 15.3. The molecule has 1 aliphatic carbocycles. The summed E-state index contributed by atoms with van der Waals surface area (Å²) in [5.74, 6) is 1.77. The number of hydrogen-bond acceptors (Lipinski definition) is 3. The number of pyridine rings is 1. The number of benzene rings is 2. The van der Waals surface area contributed by atoms with Crippen LogP contribution >= 0.6 is 0 Å². The first kappa shape index (κ1) is 37.9. The van der Waals surface area contributed by atoms with Gasteiger partial charge < -0.3 is 9.47 Å². The van der Waals surface area contributed by atoms with Gasteiger partial charge in [0, 0.05) is 22.9 Å². The van der Waals surface area contributed by atoms with Crippen molar-refractivity contribution in [2.45, 2.75) is 161 Å². The molecule has 1 aliphatic rings. The monoisotopic (exact) mass is 657 g/mol. The van der Waals surface area contributed by atoms with E-state index in [0.717, 1.165) is 71.1 Å². The number of fused-ring (bicyclic) bond motifs is 1. The first-order chi connectivity index (χ1) is 23.7. The molecule has 0 bridgehead atoms. The SMILES string of the molecule is CCCCCCCCCCCCOc1ccc(-c2cnc(-c3ccc(OCCCCCCCCCCCC)cc3)c3c2[C@@H](F)CC3)cc1. The van der Waals surface area contributed by atoms with Crippen LogP contribution in [0.15, 0.2) is 54.7 Å². The molecule has 0 spiro atoms. The molecule has 0 N–H and O–H groups in total. The molecule has 4 heteroatoms. The minimum atomic E-state index is -0.965. The minimum Gasteiger partial charge on any atom is -0.494 e. The van der Waals surface area contributed by atoms with Gasteiger partial charge in [0.1, 0.15) is 17.7 Å². The Kier molecular flexibility index (Phi) is 17.9. The molecular weight excluding hydrogens is 593 g/mol. The van der Waals surface area contributed by atoms with Crippen molar-refractivity contribution in [1.82, 2.24) is 4.98 Å². The Morgan fingerprint density at radius 1 is 0.562 bits per heavy atom. The fourth-order valence-corrected chi connectivity index (χ4v) is 7.07. The number of rotatable bonds is 26. The highest BCUT2D eigenvalue weighted by Gasteiger charge is 2.29. The lowest BCUT2D eigenvalue weighted by Crippen LogP contribution is -1.99. The molecule has 0 fully saturated rings. The molecule has 1 aromatic heterocycles. The lowest BCUT2D eigenvalue weighted by atomic mass is 9.95. The number of hydrogen-bond donors (Lipinski definition) is 0. The van der Waals surface area contributed by atoms with Crippen molar-refractivity contribution in [2.24, 2.45) is 0 Å². The summed E-state index contributed by atoms with van der Waals surface area (Å²) in [5.41, 5.74) is 5.66. The van der Waals surface area contributed by atoms with E-state index in [4.69, 9.17) is 14.5 Å². The second-order valence-electron chi connectivity index (χ2n) is 14.0. The van der Waals surface area contributed by atoms with Crippen molar-refractivity contribution in [1.29, 1.82) is 0 Å². The van der Waals surface area contributed by atoms with E-state index in [1.165, 1.54) is 116 Å². The fourth-order valence-electron chi connectivity index (χ4n) is 7.07. The zero-order valence-electron chi connectivity index (χ0n) is 30.4. The van der Waals surface area contributed by atoms with Crippen LogP contribution in [0.4, 0.5) is 4.39 Å². The molecule has 3 nitrogen and oxygen atoms in total. The van der Waals surface area contributed by atoms with E-state index >= 15 is 4.39 Å². The maximum atomic E-state index is 15.3. The van der Waals surface area contributed by atoms with Crippen LogP contribution in [0.25, 0.3) is 22.4 Å². The zero-order chi connectivity index (χ0) is 33.7. The standard InChI is InChI=1S/C44H64FNO2/c1-3-5-7-9-11-13-15-17-19-21-33-47-38-27-23-36(24-28-38)41-35-46-44(40-31-32-42(45)43(40)41)37-25-29-39(30-26-37)48-34-22-20-18-16-14-12-10-8-6-4-2/h23-30,35,42H,3-22,31-34H2,1-2H3/t42-/m0/s1. The summed E-state index contributed by atoms with van der Waals surface area (Å²) in [6, 6.07) is 16.3. The molecule has 0 radical (unpaired) electrons. The molecule has 48 heavy (non-hydrogen) atoms. The highest BCUT2D eigenvalue weighted by Crippen LogP contribution is 2.44. The summed E-state index contributed by atoms with van der Waals surface area (Å²) in [7, 11) is 0. The van der Waals surface area contributed by atoms with Crippen molar-refractivity contribution >= 4 is 0 Å². The molecule has 0 unspecified atom stereocenters. The molecule has 3 aromatic rings. The summed E-state index contributed by atoms with van der Waals surface area (Å²) < 4.78 is 27.4. The number of aromatic nitrogens is 1. The molecular formula is C44H64FNO2. The molecule has 0 saturated carbocycles. The number of halogens is 1. The topological polar surface area (TPSA) is 31.4 Å². The summed E-state index contributed by atoms with van der Waals surface area (Å²) >= 11 is 0. The molecule has 264 valence electrons. The Hall–Kier alpha value is -2.88. The van der Waals surface area contributed by atoms with Gasteiger partial charge in [0.2, 0.25) is 0 Å². The minimum absolute atomic E-state index is 0.515. The van der Waals surface area contributed by atoms with Gasteiger partial charge in [-0.15, -0.1) is 0 Å². The summed E-state index contributed by atoms with van der Waals surface area (Å²) in [6.45, 7) is 6.05. The Bertz CT molecular complexity index is 1270. The highest BCUT2D eigenvalue weighted by atomic mass is 19.1. The molecule has 0 saturated heterocycles. The van der Waals surface area contributed by atoms with Gasteiger partial charge in [-0.25, -0.2) is 4.39 Å². The van der Waals surface area contributed by atoms with Gasteiger partial charge in [0.05, 0.1) is 18.9 Å². The van der Waals surface area contributed by atoms with Crippen molar-refractivity contribution in [2.75, 3.05) is 13.2 Å². The van der Waals surface area contributed by atoms with E-state index in [1.807, 2.05) is 30.5 Å². The maximum Gasteiger partial charge on any atom is 0.126 e. The van der Waals surface area contributed by atoms with Crippen LogP contribution < -0.4 is 9.47 Å². The molecule has 1 atom stereocenters. The van der Waals surface area contributed by atoms with Crippen molar-refractivity contribution in [3.63, 3.8) is 0 Å². The zero-order valence-corrected chi connectivity index (χ0v) is 30.4. The van der Waals surface area contributed by atoms with Crippen LogP contribution in [0.3, 0.4) is 0 Å². The van der Waals surface area contributed by atoms with Gasteiger partial charge >= 0.3 is 0 Å². The smallest absolute Gasteiger partial charge is 0.126 e. The van der Waals surface area contributed by atoms with Gasteiger partial charge in [-0.3, -0.25) is 4.98 Å². The quantitative estimate of drug-likeness (QED) is 0.0805. The second kappa shape index (κ2) is 22.7. The third-order valence-corrected chi connectivity index (χ3v) is 10.0. The van der Waals surface area contributed by atoms with E-state index in [9.17, 15) is 0 Å². The predicted molar refractivity (Wildman–Crippen MR) is 202 cm³/mol. The third-order valence-electron chi connectivity index (χ3n) is 10.0. The summed E-state index contributed by atoms with van der Waals surface area (Å²) in [6.07, 6.45) is 28.5. The Morgan fingerprint density at radius 3 is 1.44 bits per heavy atom. The summed E-state index contributed by atoms with van der Waals surface area (Å²) in [5, 5.41) is 0. The average Bonchev–Trinajstić information content (AvgIpc) is 3.51. The van der Waals surface area contributed by atoms with E-state index < -0.39 is 6.17 Å². The van der Waals surface area contributed by atoms with Crippen molar-refractivity contribution in [3.05, 3.63) is 65.9 Å². The number of unbranched alkanes of at least 4 members (excludes halogenated alkanes) is 18. The highest BCUT2D eigenvalue weighted by molar-refractivity contribution is 5.76. The van der Waals surface area contributed by atoms with Gasteiger partial charge in [0.25, 0.3) is 0 Å². The molecule has 1 heterocycles. The van der Waals surface area contributed by atoms with Crippen LogP contribution in [0.2, 0.25) is 0 Å². The first-order valence-corrected chi connectivity index (χ1v) is 19.8. The average molecular weight is 658 g/mol. The van der Waals surface area contributed by atoms with Crippen molar-refractivity contribution in [3.8, 4) is 33.9 Å². The van der Waals surface area contributed by atoms with Crippen LogP contribution in [-0.2, 0) is 6.42 Å². The van der Waals surface area contributed by atoms with Crippen LogP contribution in [0.5, 0.6) is 11.5 Å². The lowest BCUT2D eigenvalue weighted by molar-refractivity contribution is 0.304. The molecule has 0 amide bonds. The van der Waals surface area contributed by atoms with Gasteiger partial charge in [-0.1, -0.05) is 142 Å². The normalized spacial score (nSPS) is 13.9. The van der Waals surface area contributed by atoms with Crippen LogP contribution in [0.1, 0.15) is 166 Å². The van der Waals surface area contributed by atoms with E-state index in [0.29, 0.717) is 12.8 Å². The Morgan fingerprint density at radius 2 is 0.979 bits per heavy atom. The number of alkyl halides is 1.